The molecule has 0 saturated carbocycles. The summed E-state index contributed by atoms with van der Waals surface area (Å²) >= 11 is 0. The Morgan fingerprint density at radius 1 is 0.852 bits per heavy atom. The highest BCUT2D eigenvalue weighted by Gasteiger charge is 2.18. The maximum absolute atomic E-state index is 5.24. The number of para-hydroxylation sites is 1. The Kier molecular flexibility index (Phi) is 5.05. The van der Waals surface area contributed by atoms with Crippen molar-refractivity contribution in [2.45, 2.75) is 0 Å². The first kappa shape index (κ1) is 17.1. The van der Waals surface area contributed by atoms with Gasteiger partial charge in [0.15, 0.2) is 0 Å². The van der Waals surface area contributed by atoms with Gasteiger partial charge in [0.2, 0.25) is 5.95 Å². The van der Waals surface area contributed by atoms with E-state index in [4.69, 9.17) is 4.74 Å². The number of ether oxygens (including phenoxy) is 1. The minimum atomic E-state index is 0.622. The first-order chi connectivity index (χ1) is 13.3. The molecule has 27 heavy (non-hydrogen) atoms. The second-order valence-electron chi connectivity index (χ2n) is 6.40. The third-order valence-corrected chi connectivity index (χ3v) is 4.71. The number of methoxy groups -OCH3 is 1. The molecule has 3 aromatic rings. The SMILES string of the molecule is COc1ccc(N2CCN(c3ccnc(Nc4ccccc4)n3)CC2)cc1. The van der Waals surface area contributed by atoms with Crippen molar-refractivity contribution in [2.24, 2.45) is 0 Å². The molecule has 1 fully saturated rings. The van der Waals surface area contributed by atoms with Crippen molar-refractivity contribution in [3.05, 3.63) is 66.9 Å². The summed E-state index contributed by atoms with van der Waals surface area (Å²) in [4.78, 5) is 13.7. The minimum Gasteiger partial charge on any atom is -0.497 e. The van der Waals surface area contributed by atoms with Crippen LogP contribution in [0.5, 0.6) is 5.75 Å². The predicted octanol–water partition coefficient (Wildman–Crippen LogP) is 3.56. The number of aromatic nitrogens is 2. The molecule has 1 aliphatic rings. The second-order valence-corrected chi connectivity index (χ2v) is 6.40. The van der Waals surface area contributed by atoms with Gasteiger partial charge in [0, 0.05) is 43.8 Å². The lowest BCUT2D eigenvalue weighted by Gasteiger charge is -2.36. The van der Waals surface area contributed by atoms with Crippen LogP contribution in [0.4, 0.5) is 23.1 Å². The smallest absolute Gasteiger partial charge is 0.229 e. The fourth-order valence-corrected chi connectivity index (χ4v) is 3.22. The number of hydrogen-bond acceptors (Lipinski definition) is 6. The first-order valence-electron chi connectivity index (χ1n) is 9.11. The number of rotatable bonds is 5. The standard InChI is InChI=1S/C21H23N5O/c1-27-19-9-7-18(8-10-19)25-13-15-26(16-14-25)20-11-12-22-21(24-20)23-17-5-3-2-4-6-17/h2-12H,13-16H2,1H3,(H,22,23,24). The van der Waals surface area contributed by atoms with Crippen molar-refractivity contribution in [1.29, 1.82) is 0 Å². The second kappa shape index (κ2) is 7.95. The molecule has 6 heteroatoms. The molecule has 0 amide bonds. The summed E-state index contributed by atoms with van der Waals surface area (Å²) in [6, 6.07) is 20.2. The van der Waals surface area contributed by atoms with Crippen LogP contribution in [0.15, 0.2) is 66.9 Å². The van der Waals surface area contributed by atoms with E-state index in [1.165, 1.54) is 5.69 Å². The van der Waals surface area contributed by atoms with E-state index in [0.717, 1.165) is 43.4 Å². The molecular weight excluding hydrogens is 338 g/mol. The van der Waals surface area contributed by atoms with Crippen LogP contribution in [-0.4, -0.2) is 43.3 Å². The number of piperazine rings is 1. The zero-order valence-electron chi connectivity index (χ0n) is 15.4. The van der Waals surface area contributed by atoms with Gasteiger partial charge in [-0.25, -0.2) is 4.98 Å². The van der Waals surface area contributed by atoms with Crippen LogP contribution in [0.1, 0.15) is 0 Å². The highest BCUT2D eigenvalue weighted by Crippen LogP contribution is 2.22. The largest absolute Gasteiger partial charge is 0.497 e. The van der Waals surface area contributed by atoms with E-state index < -0.39 is 0 Å². The predicted molar refractivity (Wildman–Crippen MR) is 109 cm³/mol. The molecule has 0 bridgehead atoms. The van der Waals surface area contributed by atoms with Gasteiger partial charge in [0.1, 0.15) is 11.6 Å². The van der Waals surface area contributed by atoms with Gasteiger partial charge in [-0.2, -0.15) is 4.98 Å². The van der Waals surface area contributed by atoms with Crippen LogP contribution in [0.2, 0.25) is 0 Å². The maximum Gasteiger partial charge on any atom is 0.229 e. The summed E-state index contributed by atoms with van der Waals surface area (Å²) in [5, 5.41) is 3.26. The number of hydrogen-bond donors (Lipinski definition) is 1. The normalized spacial score (nSPS) is 14.1. The van der Waals surface area contributed by atoms with Gasteiger partial charge in [-0.05, 0) is 42.5 Å². The van der Waals surface area contributed by atoms with E-state index in [0.29, 0.717) is 5.95 Å². The summed E-state index contributed by atoms with van der Waals surface area (Å²) in [7, 11) is 1.69. The van der Waals surface area contributed by atoms with E-state index in [1.807, 2.05) is 54.7 Å². The third-order valence-electron chi connectivity index (χ3n) is 4.71. The number of nitrogens with zero attached hydrogens (tertiary/aromatic N) is 4. The molecule has 0 atom stereocenters. The molecule has 2 aromatic carbocycles. The van der Waals surface area contributed by atoms with Crippen LogP contribution in [0.25, 0.3) is 0 Å². The van der Waals surface area contributed by atoms with E-state index in [9.17, 15) is 0 Å². The minimum absolute atomic E-state index is 0.622. The average Bonchev–Trinajstić information content (AvgIpc) is 2.75. The summed E-state index contributed by atoms with van der Waals surface area (Å²) in [5.74, 6) is 2.46. The molecule has 1 aliphatic heterocycles. The fraction of sp³-hybridized carbons (Fsp3) is 0.238. The Morgan fingerprint density at radius 3 is 2.26 bits per heavy atom. The fourth-order valence-electron chi connectivity index (χ4n) is 3.22. The highest BCUT2D eigenvalue weighted by atomic mass is 16.5. The van der Waals surface area contributed by atoms with E-state index in [1.54, 1.807) is 7.11 Å². The third kappa shape index (κ3) is 4.11. The Bertz CT molecular complexity index is 861. The lowest BCUT2D eigenvalue weighted by Crippen LogP contribution is -2.46. The van der Waals surface area contributed by atoms with Gasteiger partial charge < -0.3 is 19.9 Å². The molecule has 2 heterocycles. The van der Waals surface area contributed by atoms with Crippen LogP contribution in [0, 0.1) is 0 Å². The zero-order valence-corrected chi connectivity index (χ0v) is 15.4. The molecule has 1 saturated heterocycles. The van der Waals surface area contributed by atoms with Crippen LogP contribution in [0.3, 0.4) is 0 Å². The number of benzene rings is 2. The van der Waals surface area contributed by atoms with Gasteiger partial charge in [0.25, 0.3) is 0 Å². The molecule has 138 valence electrons. The van der Waals surface area contributed by atoms with Crippen LogP contribution >= 0.6 is 0 Å². The van der Waals surface area contributed by atoms with Crippen molar-refractivity contribution in [1.82, 2.24) is 9.97 Å². The van der Waals surface area contributed by atoms with Crippen molar-refractivity contribution in [3.8, 4) is 5.75 Å². The van der Waals surface area contributed by atoms with Crippen molar-refractivity contribution >= 4 is 23.1 Å². The number of anilines is 4. The topological polar surface area (TPSA) is 53.5 Å². The Hall–Kier alpha value is -3.28. The summed E-state index contributed by atoms with van der Waals surface area (Å²) in [5.41, 5.74) is 2.21. The van der Waals surface area contributed by atoms with E-state index >= 15 is 0 Å². The van der Waals surface area contributed by atoms with Crippen molar-refractivity contribution in [3.63, 3.8) is 0 Å². The van der Waals surface area contributed by atoms with E-state index in [2.05, 4.69) is 37.2 Å². The van der Waals surface area contributed by atoms with Crippen LogP contribution < -0.4 is 19.9 Å². The molecule has 0 unspecified atom stereocenters. The lowest BCUT2D eigenvalue weighted by atomic mass is 10.2. The molecule has 1 N–H and O–H groups in total. The zero-order chi connectivity index (χ0) is 18.5. The van der Waals surface area contributed by atoms with Crippen molar-refractivity contribution in [2.75, 3.05) is 48.4 Å². The summed E-state index contributed by atoms with van der Waals surface area (Å²) < 4.78 is 5.24. The molecule has 4 rings (SSSR count). The molecule has 1 aromatic heterocycles. The highest BCUT2D eigenvalue weighted by molar-refractivity contribution is 5.55. The Labute approximate surface area is 159 Å². The first-order valence-corrected chi connectivity index (χ1v) is 9.11. The van der Waals surface area contributed by atoms with Gasteiger partial charge in [-0.3, -0.25) is 0 Å². The summed E-state index contributed by atoms with van der Waals surface area (Å²) in [6.45, 7) is 3.76. The molecular formula is C21H23N5O. The molecule has 6 nitrogen and oxygen atoms in total. The Morgan fingerprint density at radius 2 is 1.56 bits per heavy atom. The Balaban J connectivity index is 1.39. The maximum atomic E-state index is 5.24. The van der Waals surface area contributed by atoms with Gasteiger partial charge in [-0.15, -0.1) is 0 Å². The van der Waals surface area contributed by atoms with Gasteiger partial charge >= 0.3 is 0 Å². The van der Waals surface area contributed by atoms with Crippen molar-refractivity contribution < 1.29 is 4.74 Å². The van der Waals surface area contributed by atoms with Gasteiger partial charge in [-0.1, -0.05) is 18.2 Å². The number of nitrogens with one attached hydrogen (secondary N) is 1. The van der Waals surface area contributed by atoms with Crippen LogP contribution in [-0.2, 0) is 0 Å². The molecule has 0 radical (unpaired) electrons. The van der Waals surface area contributed by atoms with E-state index in [-0.39, 0.29) is 0 Å². The quantitative estimate of drug-likeness (QED) is 0.750. The summed E-state index contributed by atoms with van der Waals surface area (Å²) in [6.07, 6.45) is 1.81. The molecule has 0 aliphatic carbocycles. The average molecular weight is 361 g/mol. The van der Waals surface area contributed by atoms with Gasteiger partial charge in [0.05, 0.1) is 7.11 Å². The lowest BCUT2D eigenvalue weighted by molar-refractivity contribution is 0.415. The molecule has 0 spiro atoms. The monoisotopic (exact) mass is 361 g/mol.